The maximum Gasteiger partial charge on any atom is 0.337 e. The SMILES string of the molecule is COC(=O)c1cccc(C#Cc2cccc(NC(=O)c3ccccc3S(C)(=O)=O)c2)c1. The van der Waals surface area contributed by atoms with Gasteiger partial charge in [0.05, 0.1) is 23.1 Å². The third-order valence-electron chi connectivity index (χ3n) is 4.29. The fraction of sp³-hybridized carbons (Fsp3) is 0.0833. The van der Waals surface area contributed by atoms with E-state index in [0.29, 0.717) is 22.4 Å². The van der Waals surface area contributed by atoms with Crippen molar-refractivity contribution >= 4 is 27.4 Å². The van der Waals surface area contributed by atoms with Crippen LogP contribution >= 0.6 is 0 Å². The predicted octanol–water partition coefficient (Wildman–Crippen LogP) is 3.53. The molecule has 31 heavy (non-hydrogen) atoms. The van der Waals surface area contributed by atoms with E-state index in [2.05, 4.69) is 17.2 Å². The number of benzene rings is 3. The van der Waals surface area contributed by atoms with E-state index in [1.165, 1.54) is 19.2 Å². The maximum absolute atomic E-state index is 12.6. The molecule has 0 heterocycles. The standard InChI is InChI=1S/C24H19NO5S/c1-30-24(27)19-9-5-7-17(15-19)13-14-18-8-6-10-20(16-18)25-23(26)21-11-3-4-12-22(21)31(2,28)29/h3-12,15-16H,1-2H3,(H,25,26). The van der Waals surface area contributed by atoms with Crippen molar-refractivity contribution in [2.75, 3.05) is 18.7 Å². The van der Waals surface area contributed by atoms with Crippen LogP contribution in [-0.2, 0) is 14.6 Å². The smallest absolute Gasteiger partial charge is 0.337 e. The lowest BCUT2D eigenvalue weighted by molar-refractivity contribution is 0.0600. The van der Waals surface area contributed by atoms with E-state index in [1.807, 2.05) is 0 Å². The summed E-state index contributed by atoms with van der Waals surface area (Å²) in [7, 11) is -2.23. The summed E-state index contributed by atoms with van der Waals surface area (Å²) in [6.07, 6.45) is 1.06. The van der Waals surface area contributed by atoms with Gasteiger partial charge in [-0.1, -0.05) is 36.1 Å². The second kappa shape index (κ2) is 9.28. The first-order chi connectivity index (χ1) is 14.8. The Hall–Kier alpha value is -3.89. The molecule has 0 radical (unpaired) electrons. The predicted molar refractivity (Wildman–Crippen MR) is 118 cm³/mol. The number of sulfone groups is 1. The minimum absolute atomic E-state index is 0.0334. The second-order valence-electron chi connectivity index (χ2n) is 6.63. The van der Waals surface area contributed by atoms with Crippen molar-refractivity contribution in [3.05, 3.63) is 95.1 Å². The Bertz CT molecular complexity index is 1320. The number of carbonyl (C=O) groups excluding carboxylic acids is 2. The van der Waals surface area contributed by atoms with Gasteiger partial charge >= 0.3 is 5.97 Å². The lowest BCUT2D eigenvalue weighted by Crippen LogP contribution is -2.16. The third kappa shape index (κ3) is 5.59. The fourth-order valence-electron chi connectivity index (χ4n) is 2.84. The summed E-state index contributed by atoms with van der Waals surface area (Å²) in [4.78, 5) is 24.3. The van der Waals surface area contributed by atoms with Gasteiger partial charge in [0.15, 0.2) is 9.84 Å². The van der Waals surface area contributed by atoms with Crippen LogP contribution in [0.5, 0.6) is 0 Å². The highest BCUT2D eigenvalue weighted by atomic mass is 32.2. The van der Waals surface area contributed by atoms with Gasteiger partial charge in [0.1, 0.15) is 0 Å². The van der Waals surface area contributed by atoms with E-state index in [4.69, 9.17) is 4.74 Å². The minimum atomic E-state index is -3.55. The molecule has 0 spiro atoms. The largest absolute Gasteiger partial charge is 0.465 e. The fourth-order valence-corrected chi connectivity index (χ4v) is 3.72. The number of esters is 1. The third-order valence-corrected chi connectivity index (χ3v) is 5.44. The highest BCUT2D eigenvalue weighted by molar-refractivity contribution is 7.90. The van der Waals surface area contributed by atoms with E-state index < -0.39 is 21.7 Å². The average Bonchev–Trinajstić information content (AvgIpc) is 2.77. The molecular formula is C24H19NO5S. The van der Waals surface area contributed by atoms with Gasteiger partial charge in [-0.05, 0) is 48.5 Å². The number of anilines is 1. The Balaban J connectivity index is 1.82. The zero-order chi connectivity index (χ0) is 22.4. The molecule has 0 aromatic heterocycles. The molecule has 7 heteroatoms. The quantitative estimate of drug-likeness (QED) is 0.502. The van der Waals surface area contributed by atoms with Crippen molar-refractivity contribution in [1.82, 2.24) is 0 Å². The molecule has 0 aliphatic carbocycles. The summed E-state index contributed by atoms with van der Waals surface area (Å²) < 4.78 is 28.6. The lowest BCUT2D eigenvalue weighted by atomic mass is 10.1. The highest BCUT2D eigenvalue weighted by Gasteiger charge is 2.18. The summed E-state index contributed by atoms with van der Waals surface area (Å²) in [5, 5.41) is 2.71. The molecule has 6 nitrogen and oxygen atoms in total. The van der Waals surface area contributed by atoms with E-state index in [1.54, 1.807) is 60.7 Å². The second-order valence-corrected chi connectivity index (χ2v) is 8.61. The van der Waals surface area contributed by atoms with Gasteiger partial charge in [-0.3, -0.25) is 4.79 Å². The van der Waals surface area contributed by atoms with Crippen molar-refractivity contribution in [3.8, 4) is 11.8 Å². The summed E-state index contributed by atoms with van der Waals surface area (Å²) in [6.45, 7) is 0. The van der Waals surface area contributed by atoms with Gasteiger partial charge in [-0.2, -0.15) is 0 Å². The number of rotatable bonds is 4. The lowest BCUT2D eigenvalue weighted by Gasteiger charge is -2.09. The number of ether oxygens (including phenoxy) is 1. The minimum Gasteiger partial charge on any atom is -0.465 e. The summed E-state index contributed by atoms with van der Waals surface area (Å²) in [6, 6.07) is 19.7. The van der Waals surface area contributed by atoms with Gasteiger partial charge in [-0.15, -0.1) is 0 Å². The molecule has 3 aromatic carbocycles. The monoisotopic (exact) mass is 433 g/mol. The molecule has 1 amide bonds. The van der Waals surface area contributed by atoms with E-state index in [0.717, 1.165) is 6.26 Å². The number of hydrogen-bond donors (Lipinski definition) is 1. The van der Waals surface area contributed by atoms with Gasteiger partial charge in [0.25, 0.3) is 5.91 Å². The molecule has 0 aliphatic heterocycles. The van der Waals surface area contributed by atoms with Gasteiger partial charge in [-0.25, -0.2) is 13.2 Å². The average molecular weight is 433 g/mol. The normalized spacial score (nSPS) is 10.5. The number of amides is 1. The number of nitrogens with one attached hydrogen (secondary N) is 1. The van der Waals surface area contributed by atoms with Crippen LogP contribution in [0.4, 0.5) is 5.69 Å². The summed E-state index contributed by atoms with van der Waals surface area (Å²) in [5.41, 5.74) is 2.22. The van der Waals surface area contributed by atoms with Crippen LogP contribution < -0.4 is 5.32 Å². The Morgan fingerprint density at radius 3 is 2.19 bits per heavy atom. The van der Waals surface area contributed by atoms with Crippen molar-refractivity contribution < 1.29 is 22.7 Å². The zero-order valence-corrected chi connectivity index (χ0v) is 17.7. The molecule has 0 saturated carbocycles. The molecule has 0 unspecified atom stereocenters. The molecule has 1 N–H and O–H groups in total. The van der Waals surface area contributed by atoms with E-state index >= 15 is 0 Å². The first kappa shape index (κ1) is 21.8. The van der Waals surface area contributed by atoms with Gasteiger partial charge in [0, 0.05) is 23.1 Å². The number of hydrogen-bond acceptors (Lipinski definition) is 5. The van der Waals surface area contributed by atoms with Crippen molar-refractivity contribution in [3.63, 3.8) is 0 Å². The number of methoxy groups -OCH3 is 1. The topological polar surface area (TPSA) is 89.5 Å². The molecular weight excluding hydrogens is 414 g/mol. The van der Waals surface area contributed by atoms with Crippen LogP contribution in [0.15, 0.2) is 77.7 Å². The maximum atomic E-state index is 12.6. The van der Waals surface area contributed by atoms with E-state index in [9.17, 15) is 18.0 Å². The van der Waals surface area contributed by atoms with Crippen LogP contribution in [0.2, 0.25) is 0 Å². The Morgan fingerprint density at radius 2 is 1.52 bits per heavy atom. The van der Waals surface area contributed by atoms with Crippen LogP contribution in [0.3, 0.4) is 0 Å². The van der Waals surface area contributed by atoms with Crippen LogP contribution in [0, 0.1) is 11.8 Å². The highest BCUT2D eigenvalue weighted by Crippen LogP contribution is 2.18. The first-order valence-electron chi connectivity index (χ1n) is 9.19. The van der Waals surface area contributed by atoms with Crippen molar-refractivity contribution in [2.24, 2.45) is 0 Å². The zero-order valence-electron chi connectivity index (χ0n) is 16.9. The Kier molecular flexibility index (Phi) is 6.53. The van der Waals surface area contributed by atoms with Crippen LogP contribution in [0.25, 0.3) is 0 Å². The summed E-state index contributed by atoms with van der Waals surface area (Å²) in [5.74, 6) is 4.98. The molecule has 0 aliphatic rings. The Morgan fingerprint density at radius 1 is 0.871 bits per heavy atom. The van der Waals surface area contributed by atoms with Gasteiger partial charge in [0.2, 0.25) is 0 Å². The molecule has 0 fully saturated rings. The molecule has 3 aromatic rings. The van der Waals surface area contributed by atoms with Crippen LogP contribution in [0.1, 0.15) is 31.8 Å². The van der Waals surface area contributed by atoms with Crippen molar-refractivity contribution in [1.29, 1.82) is 0 Å². The summed E-state index contributed by atoms with van der Waals surface area (Å²) >= 11 is 0. The molecule has 156 valence electrons. The number of carbonyl (C=O) groups is 2. The molecule has 0 bridgehead atoms. The first-order valence-corrected chi connectivity index (χ1v) is 11.1. The molecule has 0 saturated heterocycles. The molecule has 3 rings (SSSR count). The molecule has 0 atom stereocenters. The Labute approximate surface area is 180 Å². The van der Waals surface area contributed by atoms with Gasteiger partial charge < -0.3 is 10.1 Å². The van der Waals surface area contributed by atoms with E-state index in [-0.39, 0.29) is 10.5 Å². The van der Waals surface area contributed by atoms with Crippen molar-refractivity contribution in [2.45, 2.75) is 4.90 Å². The van der Waals surface area contributed by atoms with Crippen LogP contribution in [-0.4, -0.2) is 33.7 Å².